The lowest BCUT2D eigenvalue weighted by Gasteiger charge is -2.14. The number of carbonyl (C=O) groups is 1. The number of nitrogens with one attached hydrogen (secondary N) is 1. The Bertz CT molecular complexity index is 858. The first-order valence-electron chi connectivity index (χ1n) is 8.22. The standard InChI is InChI=1S/C21H20FNOS/c1-15(16-9-11-19(22)12-10-16)23-21(24)14-25-13-18-7-4-6-17-5-2-3-8-20(17)18/h2-12,15H,13-14H2,1H3,(H,23,24). The van der Waals surface area contributed by atoms with Crippen LogP contribution in [0.4, 0.5) is 4.39 Å². The molecular formula is C21H20FNOS. The third-order valence-corrected chi connectivity index (χ3v) is 5.10. The van der Waals surface area contributed by atoms with E-state index in [0.717, 1.165) is 11.3 Å². The number of amides is 1. The largest absolute Gasteiger partial charge is 0.349 e. The number of halogens is 1. The van der Waals surface area contributed by atoms with Crippen LogP contribution in [0, 0.1) is 5.82 Å². The molecule has 0 spiro atoms. The van der Waals surface area contributed by atoms with Gasteiger partial charge < -0.3 is 5.32 Å². The van der Waals surface area contributed by atoms with E-state index in [4.69, 9.17) is 0 Å². The summed E-state index contributed by atoms with van der Waals surface area (Å²) in [5.74, 6) is 0.907. The summed E-state index contributed by atoms with van der Waals surface area (Å²) < 4.78 is 13.0. The molecule has 1 N–H and O–H groups in total. The molecular weight excluding hydrogens is 333 g/mol. The first-order chi connectivity index (χ1) is 12.1. The van der Waals surface area contributed by atoms with Crippen LogP contribution in [0.1, 0.15) is 24.1 Å². The van der Waals surface area contributed by atoms with Gasteiger partial charge in [-0.25, -0.2) is 4.39 Å². The van der Waals surface area contributed by atoms with Gasteiger partial charge in [0, 0.05) is 5.75 Å². The van der Waals surface area contributed by atoms with Gasteiger partial charge in [-0.1, -0.05) is 54.6 Å². The molecule has 3 aromatic carbocycles. The number of rotatable bonds is 6. The van der Waals surface area contributed by atoms with E-state index in [1.165, 1.54) is 28.5 Å². The van der Waals surface area contributed by atoms with Gasteiger partial charge in [0.2, 0.25) is 5.91 Å². The quantitative estimate of drug-likeness (QED) is 0.669. The van der Waals surface area contributed by atoms with E-state index in [0.29, 0.717) is 5.75 Å². The summed E-state index contributed by atoms with van der Waals surface area (Å²) in [6, 6.07) is 20.6. The number of hydrogen-bond acceptors (Lipinski definition) is 2. The molecule has 128 valence electrons. The Balaban J connectivity index is 1.53. The highest BCUT2D eigenvalue weighted by molar-refractivity contribution is 7.99. The number of fused-ring (bicyclic) bond motifs is 1. The zero-order valence-electron chi connectivity index (χ0n) is 14.0. The Hall–Kier alpha value is -2.33. The maximum Gasteiger partial charge on any atom is 0.230 e. The molecule has 0 aromatic heterocycles. The third kappa shape index (κ3) is 4.60. The summed E-state index contributed by atoms with van der Waals surface area (Å²) in [4.78, 5) is 12.1. The lowest BCUT2D eigenvalue weighted by Crippen LogP contribution is -2.28. The van der Waals surface area contributed by atoms with Gasteiger partial charge >= 0.3 is 0 Å². The van der Waals surface area contributed by atoms with Crippen LogP contribution in [-0.2, 0) is 10.5 Å². The summed E-state index contributed by atoms with van der Waals surface area (Å²) >= 11 is 1.60. The minimum atomic E-state index is -0.270. The van der Waals surface area contributed by atoms with E-state index in [9.17, 15) is 9.18 Å². The van der Waals surface area contributed by atoms with Crippen LogP contribution in [0.3, 0.4) is 0 Å². The zero-order valence-corrected chi connectivity index (χ0v) is 14.9. The van der Waals surface area contributed by atoms with Crippen LogP contribution in [0.15, 0.2) is 66.7 Å². The molecule has 0 bridgehead atoms. The highest BCUT2D eigenvalue weighted by Gasteiger charge is 2.10. The van der Waals surface area contributed by atoms with Gasteiger partial charge in [0.05, 0.1) is 11.8 Å². The summed E-state index contributed by atoms with van der Waals surface area (Å²) in [5.41, 5.74) is 2.14. The minimum absolute atomic E-state index is 0.0120. The molecule has 3 rings (SSSR count). The molecule has 3 aromatic rings. The van der Waals surface area contributed by atoms with Crippen molar-refractivity contribution in [3.8, 4) is 0 Å². The molecule has 0 aliphatic heterocycles. The molecule has 4 heteroatoms. The predicted octanol–water partition coefficient (Wildman–Crippen LogP) is 5.09. The molecule has 0 saturated heterocycles. The summed E-state index contributed by atoms with van der Waals surface area (Å²) in [6.45, 7) is 1.90. The third-order valence-electron chi connectivity index (χ3n) is 4.12. The van der Waals surface area contributed by atoms with Crippen LogP contribution in [0.2, 0.25) is 0 Å². The number of hydrogen-bond donors (Lipinski definition) is 1. The van der Waals surface area contributed by atoms with E-state index in [1.54, 1.807) is 23.9 Å². The van der Waals surface area contributed by atoms with Crippen molar-refractivity contribution in [2.75, 3.05) is 5.75 Å². The normalized spacial score (nSPS) is 12.1. The molecule has 0 saturated carbocycles. The molecule has 0 aliphatic carbocycles. The minimum Gasteiger partial charge on any atom is -0.349 e. The highest BCUT2D eigenvalue weighted by Crippen LogP contribution is 2.22. The fourth-order valence-corrected chi connectivity index (χ4v) is 3.63. The molecule has 0 heterocycles. The summed E-state index contributed by atoms with van der Waals surface area (Å²) in [6.07, 6.45) is 0. The predicted molar refractivity (Wildman–Crippen MR) is 103 cm³/mol. The van der Waals surface area contributed by atoms with Crippen molar-refractivity contribution in [2.24, 2.45) is 0 Å². The van der Waals surface area contributed by atoms with Crippen molar-refractivity contribution in [3.05, 3.63) is 83.7 Å². The van der Waals surface area contributed by atoms with Gasteiger partial charge in [0.15, 0.2) is 0 Å². The smallest absolute Gasteiger partial charge is 0.230 e. The Labute approximate surface area is 151 Å². The van der Waals surface area contributed by atoms with Crippen molar-refractivity contribution in [2.45, 2.75) is 18.7 Å². The molecule has 0 radical (unpaired) electrons. The van der Waals surface area contributed by atoms with Crippen LogP contribution < -0.4 is 5.32 Å². The Morgan fingerprint density at radius 1 is 1.04 bits per heavy atom. The van der Waals surface area contributed by atoms with E-state index in [-0.39, 0.29) is 17.8 Å². The number of carbonyl (C=O) groups excluding carboxylic acids is 1. The van der Waals surface area contributed by atoms with Crippen molar-refractivity contribution >= 4 is 28.4 Å². The van der Waals surface area contributed by atoms with Gasteiger partial charge in [-0.2, -0.15) is 0 Å². The molecule has 1 atom stereocenters. The van der Waals surface area contributed by atoms with Crippen molar-refractivity contribution in [1.29, 1.82) is 0 Å². The van der Waals surface area contributed by atoms with Crippen molar-refractivity contribution in [1.82, 2.24) is 5.32 Å². The van der Waals surface area contributed by atoms with Crippen LogP contribution in [-0.4, -0.2) is 11.7 Å². The topological polar surface area (TPSA) is 29.1 Å². The Morgan fingerprint density at radius 2 is 1.76 bits per heavy atom. The summed E-state index contributed by atoms with van der Waals surface area (Å²) in [5, 5.41) is 5.41. The zero-order chi connectivity index (χ0) is 17.6. The fraction of sp³-hybridized carbons (Fsp3) is 0.190. The first kappa shape index (κ1) is 17.5. The maximum absolute atomic E-state index is 13.0. The van der Waals surface area contributed by atoms with Crippen LogP contribution in [0.5, 0.6) is 0 Å². The number of thioether (sulfide) groups is 1. The molecule has 2 nitrogen and oxygen atoms in total. The van der Waals surface area contributed by atoms with Gasteiger partial charge in [-0.3, -0.25) is 4.79 Å². The van der Waals surface area contributed by atoms with Gasteiger partial charge in [-0.15, -0.1) is 11.8 Å². The second-order valence-corrected chi connectivity index (χ2v) is 6.96. The molecule has 0 fully saturated rings. The monoisotopic (exact) mass is 353 g/mol. The maximum atomic E-state index is 13.0. The van der Waals surface area contributed by atoms with E-state index < -0.39 is 0 Å². The number of benzene rings is 3. The average molecular weight is 353 g/mol. The van der Waals surface area contributed by atoms with Crippen LogP contribution in [0.25, 0.3) is 10.8 Å². The lowest BCUT2D eigenvalue weighted by molar-refractivity contribution is -0.119. The van der Waals surface area contributed by atoms with Gasteiger partial charge in [-0.05, 0) is 41.0 Å². The van der Waals surface area contributed by atoms with Gasteiger partial charge in [0.1, 0.15) is 5.82 Å². The van der Waals surface area contributed by atoms with E-state index in [2.05, 4.69) is 35.6 Å². The second kappa shape index (κ2) is 8.17. The Kier molecular flexibility index (Phi) is 5.71. The van der Waals surface area contributed by atoms with Gasteiger partial charge in [0.25, 0.3) is 0 Å². The fourth-order valence-electron chi connectivity index (χ4n) is 2.79. The van der Waals surface area contributed by atoms with E-state index in [1.807, 2.05) is 19.1 Å². The lowest BCUT2D eigenvalue weighted by atomic mass is 10.1. The molecule has 1 amide bonds. The van der Waals surface area contributed by atoms with Crippen molar-refractivity contribution in [3.63, 3.8) is 0 Å². The molecule has 0 aliphatic rings. The molecule has 1 unspecified atom stereocenters. The van der Waals surface area contributed by atoms with E-state index >= 15 is 0 Å². The average Bonchev–Trinajstić information content (AvgIpc) is 2.62. The second-order valence-electron chi connectivity index (χ2n) is 5.97. The Morgan fingerprint density at radius 3 is 2.56 bits per heavy atom. The highest BCUT2D eigenvalue weighted by atomic mass is 32.2. The SMILES string of the molecule is CC(NC(=O)CSCc1cccc2ccccc12)c1ccc(F)cc1. The molecule has 25 heavy (non-hydrogen) atoms. The van der Waals surface area contributed by atoms with Crippen molar-refractivity contribution < 1.29 is 9.18 Å². The summed E-state index contributed by atoms with van der Waals surface area (Å²) in [7, 11) is 0. The van der Waals surface area contributed by atoms with Crippen LogP contribution >= 0.6 is 11.8 Å². The first-order valence-corrected chi connectivity index (χ1v) is 9.38.